The molecule has 124 valence electrons. The summed E-state index contributed by atoms with van der Waals surface area (Å²) in [6, 6.07) is 13.6. The van der Waals surface area contributed by atoms with Gasteiger partial charge in [-0.05, 0) is 30.5 Å². The van der Waals surface area contributed by atoms with Gasteiger partial charge in [-0.25, -0.2) is 0 Å². The zero-order valence-electron chi connectivity index (χ0n) is 13.4. The summed E-state index contributed by atoms with van der Waals surface area (Å²) in [7, 11) is 0. The number of piperidine rings is 1. The number of nitrogens with one attached hydrogen (secondary N) is 1. The fourth-order valence-corrected chi connectivity index (χ4v) is 4.06. The van der Waals surface area contributed by atoms with Gasteiger partial charge in [-0.2, -0.15) is 0 Å². The van der Waals surface area contributed by atoms with E-state index in [9.17, 15) is 9.59 Å². The molecule has 5 heteroatoms. The lowest BCUT2D eigenvalue weighted by molar-refractivity contribution is -0.120. The first-order valence-electron chi connectivity index (χ1n) is 8.37. The first kappa shape index (κ1) is 15.0. The molecular formula is C19H20N2O3. The Morgan fingerprint density at radius 2 is 1.88 bits per heavy atom. The van der Waals surface area contributed by atoms with Gasteiger partial charge in [0.1, 0.15) is 0 Å². The summed E-state index contributed by atoms with van der Waals surface area (Å²) in [4.78, 5) is 26.3. The van der Waals surface area contributed by atoms with Crippen molar-refractivity contribution in [2.75, 3.05) is 13.1 Å². The second-order valence-electron chi connectivity index (χ2n) is 6.64. The minimum Gasteiger partial charge on any atom is -0.459 e. The molecule has 3 heterocycles. The van der Waals surface area contributed by atoms with Crippen LogP contribution < -0.4 is 5.32 Å². The summed E-state index contributed by atoms with van der Waals surface area (Å²) in [5.74, 6) is 0.582. The van der Waals surface area contributed by atoms with Crippen molar-refractivity contribution in [3.63, 3.8) is 0 Å². The number of likely N-dealkylation sites (tertiary alicyclic amines) is 1. The molecule has 0 aliphatic carbocycles. The zero-order chi connectivity index (χ0) is 16.6. The van der Waals surface area contributed by atoms with E-state index in [-0.39, 0.29) is 23.3 Å². The molecule has 1 spiro atoms. The Balaban J connectivity index is 1.52. The molecule has 2 amide bonds. The van der Waals surface area contributed by atoms with Crippen LogP contribution in [0.1, 0.15) is 41.3 Å². The maximum absolute atomic E-state index is 12.4. The third kappa shape index (κ3) is 2.50. The van der Waals surface area contributed by atoms with Gasteiger partial charge in [-0.15, -0.1) is 0 Å². The summed E-state index contributed by atoms with van der Waals surface area (Å²) >= 11 is 0. The van der Waals surface area contributed by atoms with Gasteiger partial charge >= 0.3 is 0 Å². The molecule has 2 fully saturated rings. The quantitative estimate of drug-likeness (QED) is 0.923. The average molecular weight is 324 g/mol. The van der Waals surface area contributed by atoms with Gasteiger partial charge in [0.15, 0.2) is 5.76 Å². The SMILES string of the molecule is O=C1C[C@@H](c2ccccc2)C2(CCN(C(=O)c3ccco3)CC2)N1. The van der Waals surface area contributed by atoms with Crippen LogP contribution in [0.2, 0.25) is 0 Å². The highest BCUT2D eigenvalue weighted by Crippen LogP contribution is 2.43. The van der Waals surface area contributed by atoms with Crippen LogP contribution in [0.25, 0.3) is 0 Å². The van der Waals surface area contributed by atoms with Crippen molar-refractivity contribution in [1.29, 1.82) is 0 Å². The van der Waals surface area contributed by atoms with E-state index in [2.05, 4.69) is 17.4 Å². The Bertz CT molecular complexity index is 731. The Labute approximate surface area is 140 Å². The summed E-state index contributed by atoms with van der Waals surface area (Å²) in [6.45, 7) is 1.26. The fourth-order valence-electron chi connectivity index (χ4n) is 4.06. The molecule has 1 aromatic heterocycles. The van der Waals surface area contributed by atoms with E-state index >= 15 is 0 Å². The van der Waals surface area contributed by atoms with Crippen LogP contribution in [0.15, 0.2) is 53.1 Å². The van der Waals surface area contributed by atoms with Crippen LogP contribution in [0.5, 0.6) is 0 Å². The largest absolute Gasteiger partial charge is 0.459 e. The highest BCUT2D eigenvalue weighted by atomic mass is 16.3. The number of furan rings is 1. The number of carbonyl (C=O) groups excluding carboxylic acids is 2. The first-order valence-corrected chi connectivity index (χ1v) is 8.37. The van der Waals surface area contributed by atoms with Crippen molar-refractivity contribution in [2.45, 2.75) is 30.7 Å². The van der Waals surface area contributed by atoms with Crippen molar-refractivity contribution in [1.82, 2.24) is 10.2 Å². The monoisotopic (exact) mass is 324 g/mol. The third-order valence-electron chi connectivity index (χ3n) is 5.32. The molecule has 0 saturated carbocycles. The van der Waals surface area contributed by atoms with Crippen LogP contribution >= 0.6 is 0 Å². The van der Waals surface area contributed by atoms with Crippen molar-refractivity contribution in [3.8, 4) is 0 Å². The molecular weight excluding hydrogens is 304 g/mol. The summed E-state index contributed by atoms with van der Waals surface area (Å²) < 4.78 is 5.21. The number of amides is 2. The van der Waals surface area contributed by atoms with Crippen LogP contribution in [0.3, 0.4) is 0 Å². The standard InChI is InChI=1S/C19H20N2O3/c22-17-13-15(14-5-2-1-3-6-14)19(20-17)8-10-21(11-9-19)18(23)16-7-4-12-24-16/h1-7,12,15H,8-11,13H2,(H,20,22)/t15-/m0/s1. The van der Waals surface area contributed by atoms with E-state index in [1.807, 2.05) is 23.1 Å². The van der Waals surface area contributed by atoms with Gasteiger partial charge in [-0.3, -0.25) is 9.59 Å². The maximum atomic E-state index is 12.4. The van der Waals surface area contributed by atoms with Gasteiger partial charge < -0.3 is 14.6 Å². The number of rotatable bonds is 2. The van der Waals surface area contributed by atoms with Crippen LogP contribution in [0.4, 0.5) is 0 Å². The number of benzene rings is 1. The fraction of sp³-hybridized carbons (Fsp3) is 0.368. The minimum absolute atomic E-state index is 0.0737. The molecule has 2 saturated heterocycles. The molecule has 0 bridgehead atoms. The van der Waals surface area contributed by atoms with E-state index in [4.69, 9.17) is 4.42 Å². The van der Waals surface area contributed by atoms with Gasteiger partial charge in [-0.1, -0.05) is 30.3 Å². The lowest BCUT2D eigenvalue weighted by atomic mass is 9.74. The zero-order valence-corrected chi connectivity index (χ0v) is 13.4. The highest BCUT2D eigenvalue weighted by Gasteiger charge is 2.49. The normalized spacial score (nSPS) is 22.6. The molecule has 2 aliphatic heterocycles. The molecule has 5 nitrogen and oxygen atoms in total. The van der Waals surface area contributed by atoms with Crippen molar-refractivity contribution >= 4 is 11.8 Å². The Hall–Kier alpha value is -2.56. The molecule has 2 aromatic rings. The Kier molecular flexibility index (Phi) is 3.63. The van der Waals surface area contributed by atoms with E-state index in [1.54, 1.807) is 12.1 Å². The summed E-state index contributed by atoms with van der Waals surface area (Å²) in [5.41, 5.74) is 0.958. The van der Waals surface area contributed by atoms with Gasteiger partial charge in [0.25, 0.3) is 5.91 Å². The first-order chi connectivity index (χ1) is 11.7. The number of hydrogen-bond donors (Lipinski definition) is 1. The average Bonchev–Trinajstić information content (AvgIpc) is 3.24. The molecule has 1 N–H and O–H groups in total. The summed E-state index contributed by atoms with van der Waals surface area (Å²) in [5, 5.41) is 3.21. The minimum atomic E-state index is -0.238. The molecule has 0 unspecified atom stereocenters. The molecule has 2 aliphatic rings. The van der Waals surface area contributed by atoms with Crippen molar-refractivity contribution in [3.05, 3.63) is 60.1 Å². The maximum Gasteiger partial charge on any atom is 0.289 e. The predicted molar refractivity (Wildman–Crippen MR) is 88.5 cm³/mol. The number of carbonyl (C=O) groups is 2. The van der Waals surface area contributed by atoms with Crippen molar-refractivity contribution < 1.29 is 14.0 Å². The molecule has 0 radical (unpaired) electrons. The van der Waals surface area contributed by atoms with E-state index in [0.717, 1.165) is 12.8 Å². The smallest absolute Gasteiger partial charge is 0.289 e. The second-order valence-corrected chi connectivity index (χ2v) is 6.64. The van der Waals surface area contributed by atoms with Crippen molar-refractivity contribution in [2.24, 2.45) is 0 Å². The third-order valence-corrected chi connectivity index (χ3v) is 5.32. The molecule has 4 rings (SSSR count). The predicted octanol–water partition coefficient (Wildman–Crippen LogP) is 2.56. The number of hydrogen-bond acceptors (Lipinski definition) is 3. The van der Waals surface area contributed by atoms with E-state index < -0.39 is 0 Å². The van der Waals surface area contributed by atoms with E-state index in [1.165, 1.54) is 11.8 Å². The molecule has 1 aromatic carbocycles. The van der Waals surface area contributed by atoms with Crippen LogP contribution in [-0.4, -0.2) is 35.3 Å². The van der Waals surface area contributed by atoms with Gasteiger partial charge in [0, 0.05) is 25.4 Å². The van der Waals surface area contributed by atoms with Gasteiger partial charge in [0.05, 0.1) is 11.8 Å². The lowest BCUT2D eigenvalue weighted by Crippen LogP contribution is -2.54. The second kappa shape index (κ2) is 5.82. The Morgan fingerprint density at radius 1 is 1.12 bits per heavy atom. The van der Waals surface area contributed by atoms with E-state index in [0.29, 0.717) is 25.3 Å². The topological polar surface area (TPSA) is 62.6 Å². The summed E-state index contributed by atoms with van der Waals surface area (Å²) in [6.07, 6.45) is 3.58. The van der Waals surface area contributed by atoms with Crippen LogP contribution in [-0.2, 0) is 4.79 Å². The van der Waals surface area contributed by atoms with Crippen LogP contribution in [0, 0.1) is 0 Å². The molecule has 24 heavy (non-hydrogen) atoms. The van der Waals surface area contributed by atoms with Gasteiger partial charge in [0.2, 0.25) is 5.91 Å². The Morgan fingerprint density at radius 3 is 2.54 bits per heavy atom. The molecule has 1 atom stereocenters. The lowest BCUT2D eigenvalue weighted by Gasteiger charge is -2.42. The highest BCUT2D eigenvalue weighted by molar-refractivity contribution is 5.91. The number of nitrogens with zero attached hydrogens (tertiary/aromatic N) is 1.